The number of carbonyl (C=O) groups is 1. The first-order valence-electron chi connectivity index (χ1n) is 10.1. The molecular formula is C24H17FN6O2. The average molecular weight is 440 g/mol. The Kier molecular flexibility index (Phi) is 5.19. The van der Waals surface area contributed by atoms with Crippen molar-refractivity contribution in [1.29, 1.82) is 0 Å². The number of rotatable bonds is 5. The molecule has 9 heteroatoms. The first kappa shape index (κ1) is 20.3. The van der Waals surface area contributed by atoms with Crippen molar-refractivity contribution in [2.45, 2.75) is 6.92 Å². The minimum atomic E-state index is -0.513. The molecule has 2 aromatic carbocycles. The van der Waals surface area contributed by atoms with Crippen molar-refractivity contribution in [3.63, 3.8) is 0 Å². The van der Waals surface area contributed by atoms with Gasteiger partial charge in [0, 0.05) is 35.2 Å². The molecule has 1 amide bonds. The Morgan fingerprint density at radius 2 is 1.76 bits per heavy atom. The molecule has 0 aliphatic carbocycles. The van der Waals surface area contributed by atoms with Gasteiger partial charge in [-0.1, -0.05) is 17.7 Å². The Hall–Kier alpha value is -4.66. The Balaban J connectivity index is 1.29. The number of anilines is 1. The van der Waals surface area contributed by atoms with Gasteiger partial charge >= 0.3 is 0 Å². The van der Waals surface area contributed by atoms with Crippen LogP contribution in [0.2, 0.25) is 0 Å². The van der Waals surface area contributed by atoms with Gasteiger partial charge in [-0.05, 0) is 55.5 Å². The second-order valence-corrected chi connectivity index (χ2v) is 7.27. The van der Waals surface area contributed by atoms with E-state index in [0.29, 0.717) is 22.9 Å². The van der Waals surface area contributed by atoms with Crippen LogP contribution in [0.1, 0.15) is 15.9 Å². The summed E-state index contributed by atoms with van der Waals surface area (Å²) in [6.07, 6.45) is 2.98. The van der Waals surface area contributed by atoms with Gasteiger partial charge in [-0.2, -0.15) is 0 Å². The van der Waals surface area contributed by atoms with Crippen molar-refractivity contribution in [1.82, 2.24) is 25.0 Å². The molecule has 0 aliphatic rings. The molecule has 5 aromatic rings. The molecule has 5 rings (SSSR count). The molecule has 0 saturated heterocycles. The first-order valence-corrected chi connectivity index (χ1v) is 10.1. The predicted molar refractivity (Wildman–Crippen MR) is 119 cm³/mol. The maximum Gasteiger partial charge on any atom is 0.256 e. The minimum Gasteiger partial charge on any atom is -0.416 e. The SMILES string of the molecule is Cc1cccc(-c2nnc(-c3ccc(C(=O)Nc4ccn(-c5ncccc5F)n4)cc3)o2)c1. The Morgan fingerprint density at radius 1 is 0.970 bits per heavy atom. The van der Waals surface area contributed by atoms with E-state index in [0.717, 1.165) is 11.1 Å². The number of benzene rings is 2. The lowest BCUT2D eigenvalue weighted by atomic mass is 10.1. The monoisotopic (exact) mass is 440 g/mol. The van der Waals surface area contributed by atoms with Crippen molar-refractivity contribution in [2.24, 2.45) is 0 Å². The zero-order valence-electron chi connectivity index (χ0n) is 17.4. The lowest BCUT2D eigenvalue weighted by Gasteiger charge is -2.03. The molecule has 0 fully saturated rings. The Morgan fingerprint density at radius 3 is 2.52 bits per heavy atom. The second-order valence-electron chi connectivity index (χ2n) is 7.27. The van der Waals surface area contributed by atoms with Crippen LogP contribution >= 0.6 is 0 Å². The number of halogens is 1. The van der Waals surface area contributed by atoms with Gasteiger partial charge in [0.05, 0.1) is 0 Å². The van der Waals surface area contributed by atoms with E-state index < -0.39 is 5.82 Å². The molecule has 1 N–H and O–H groups in total. The topological polar surface area (TPSA) is 98.7 Å². The summed E-state index contributed by atoms with van der Waals surface area (Å²) in [7, 11) is 0. The fourth-order valence-electron chi connectivity index (χ4n) is 3.24. The molecule has 0 bridgehead atoms. The molecule has 0 unspecified atom stereocenters. The third kappa shape index (κ3) is 4.24. The van der Waals surface area contributed by atoms with Gasteiger partial charge in [0.15, 0.2) is 17.5 Å². The quantitative estimate of drug-likeness (QED) is 0.426. The van der Waals surface area contributed by atoms with Gasteiger partial charge in [-0.25, -0.2) is 14.1 Å². The highest BCUT2D eigenvalue weighted by Gasteiger charge is 2.14. The van der Waals surface area contributed by atoms with Crippen LogP contribution in [0.5, 0.6) is 0 Å². The van der Waals surface area contributed by atoms with Gasteiger partial charge < -0.3 is 9.73 Å². The number of carbonyl (C=O) groups excluding carboxylic acids is 1. The van der Waals surface area contributed by atoms with Crippen LogP contribution < -0.4 is 5.32 Å². The van der Waals surface area contributed by atoms with E-state index in [1.54, 1.807) is 30.3 Å². The summed E-state index contributed by atoms with van der Waals surface area (Å²) in [6.45, 7) is 1.99. The van der Waals surface area contributed by atoms with E-state index in [-0.39, 0.29) is 17.5 Å². The largest absolute Gasteiger partial charge is 0.416 e. The Bertz CT molecular complexity index is 1440. The highest BCUT2D eigenvalue weighted by molar-refractivity contribution is 6.03. The summed E-state index contributed by atoms with van der Waals surface area (Å²) >= 11 is 0. The molecule has 0 spiro atoms. The molecule has 3 heterocycles. The lowest BCUT2D eigenvalue weighted by Crippen LogP contribution is -2.12. The smallest absolute Gasteiger partial charge is 0.256 e. The van der Waals surface area contributed by atoms with E-state index in [4.69, 9.17) is 4.42 Å². The van der Waals surface area contributed by atoms with Crippen LogP contribution in [0.15, 0.2) is 83.5 Å². The summed E-state index contributed by atoms with van der Waals surface area (Å²) in [4.78, 5) is 16.5. The van der Waals surface area contributed by atoms with Crippen LogP contribution in [-0.4, -0.2) is 30.9 Å². The number of nitrogens with one attached hydrogen (secondary N) is 1. The number of hydrogen-bond donors (Lipinski definition) is 1. The summed E-state index contributed by atoms with van der Waals surface area (Å²) in [5, 5.41) is 15.1. The summed E-state index contributed by atoms with van der Waals surface area (Å²) in [5.41, 5.74) is 3.04. The third-order valence-electron chi connectivity index (χ3n) is 4.87. The maximum absolute atomic E-state index is 13.9. The molecule has 33 heavy (non-hydrogen) atoms. The van der Waals surface area contributed by atoms with Gasteiger partial charge in [0.25, 0.3) is 5.91 Å². The predicted octanol–water partition coefficient (Wildman–Crippen LogP) is 4.68. The normalized spacial score (nSPS) is 10.8. The first-order chi connectivity index (χ1) is 16.1. The number of hydrogen-bond acceptors (Lipinski definition) is 6. The van der Waals surface area contributed by atoms with E-state index in [1.165, 1.54) is 29.2 Å². The number of nitrogens with zero attached hydrogens (tertiary/aromatic N) is 5. The summed E-state index contributed by atoms with van der Waals surface area (Å²) < 4.78 is 20.9. The third-order valence-corrected chi connectivity index (χ3v) is 4.87. The van der Waals surface area contributed by atoms with Crippen molar-refractivity contribution in [3.8, 4) is 28.7 Å². The molecule has 3 aromatic heterocycles. The van der Waals surface area contributed by atoms with Crippen molar-refractivity contribution >= 4 is 11.7 Å². The van der Waals surface area contributed by atoms with Crippen molar-refractivity contribution < 1.29 is 13.6 Å². The second kappa shape index (κ2) is 8.46. The zero-order chi connectivity index (χ0) is 22.8. The number of amides is 1. The van der Waals surface area contributed by atoms with E-state index in [2.05, 4.69) is 25.6 Å². The number of aromatic nitrogens is 5. The molecular weight excluding hydrogens is 423 g/mol. The highest BCUT2D eigenvalue weighted by atomic mass is 19.1. The molecule has 0 aliphatic heterocycles. The van der Waals surface area contributed by atoms with Gasteiger partial charge in [0.2, 0.25) is 11.8 Å². The van der Waals surface area contributed by atoms with E-state index in [9.17, 15) is 9.18 Å². The fourth-order valence-corrected chi connectivity index (χ4v) is 3.24. The van der Waals surface area contributed by atoms with E-state index in [1.807, 2.05) is 31.2 Å². The average Bonchev–Trinajstić information content (AvgIpc) is 3.50. The Labute approximate surface area is 187 Å². The van der Waals surface area contributed by atoms with E-state index >= 15 is 0 Å². The van der Waals surface area contributed by atoms with Crippen LogP contribution in [0, 0.1) is 12.7 Å². The van der Waals surface area contributed by atoms with Crippen molar-refractivity contribution in [2.75, 3.05) is 5.32 Å². The molecule has 8 nitrogen and oxygen atoms in total. The number of pyridine rings is 1. The fraction of sp³-hybridized carbons (Fsp3) is 0.0417. The minimum absolute atomic E-state index is 0.0481. The molecule has 162 valence electrons. The van der Waals surface area contributed by atoms with Crippen molar-refractivity contribution in [3.05, 3.63) is 96.1 Å². The number of aryl methyl sites for hydroxylation is 1. The van der Waals surface area contributed by atoms with Gasteiger partial charge in [-0.3, -0.25) is 4.79 Å². The lowest BCUT2D eigenvalue weighted by molar-refractivity contribution is 0.102. The summed E-state index contributed by atoms with van der Waals surface area (Å²) in [5.74, 6) is 0.228. The van der Waals surface area contributed by atoms with Gasteiger partial charge in [-0.15, -0.1) is 15.3 Å². The van der Waals surface area contributed by atoms with Crippen LogP contribution in [-0.2, 0) is 0 Å². The summed E-state index contributed by atoms with van der Waals surface area (Å²) in [6, 6.07) is 18.9. The van der Waals surface area contributed by atoms with Crippen LogP contribution in [0.25, 0.3) is 28.7 Å². The highest BCUT2D eigenvalue weighted by Crippen LogP contribution is 2.25. The molecule has 0 atom stereocenters. The maximum atomic E-state index is 13.9. The van der Waals surface area contributed by atoms with Gasteiger partial charge in [0.1, 0.15) is 0 Å². The van der Waals surface area contributed by atoms with Crippen LogP contribution in [0.4, 0.5) is 10.2 Å². The zero-order valence-corrected chi connectivity index (χ0v) is 17.4. The van der Waals surface area contributed by atoms with Crippen LogP contribution in [0.3, 0.4) is 0 Å². The standard InChI is InChI=1S/C24H17FN6O2/c1-15-4-2-5-18(14-15)24-29-28-23(33-24)17-9-7-16(8-10-17)22(32)27-20-11-13-31(30-20)21-19(25)6-3-12-26-21/h2-14H,1H3,(H,27,30,32). The molecule has 0 saturated carbocycles. The molecule has 0 radical (unpaired) electrons.